The van der Waals surface area contributed by atoms with E-state index >= 15 is 0 Å². The number of quaternary nitrogens is 1. The maximum absolute atomic E-state index is 12.3. The van der Waals surface area contributed by atoms with Crippen molar-refractivity contribution in [2.45, 2.75) is 5.54 Å². The van der Waals surface area contributed by atoms with Gasteiger partial charge < -0.3 is 11.0 Å². The Morgan fingerprint density at radius 1 is 1.42 bits per heavy atom. The number of hydrogen-bond donors (Lipinski definition) is 2. The molecule has 4 rings (SSSR count). The van der Waals surface area contributed by atoms with Gasteiger partial charge in [-0.25, -0.2) is 24.8 Å². The van der Waals surface area contributed by atoms with Gasteiger partial charge in [-0.3, -0.25) is 0 Å². The first-order valence-electron chi connectivity index (χ1n) is 5.64. The zero-order chi connectivity index (χ0) is 13.0. The standard InChI is InChI=1S/C11H9N7O/c12-17-6-15-9-8(17)3-7-1-2-16-18(19)11(7)4-13-5-14-10(9)11/h1-6,18H,12H2. The number of aliphatic imine (C=N–C) groups is 2. The minimum atomic E-state index is -1.05. The first-order valence-corrected chi connectivity index (χ1v) is 5.64. The quantitative estimate of drug-likeness (QED) is 0.373. The largest absolute Gasteiger partial charge is 0.605 e. The van der Waals surface area contributed by atoms with E-state index in [-0.39, 0.29) is 5.17 Å². The van der Waals surface area contributed by atoms with Crippen LogP contribution in [0.25, 0.3) is 11.8 Å². The molecule has 0 saturated carbocycles. The zero-order valence-electron chi connectivity index (χ0n) is 9.69. The summed E-state index contributed by atoms with van der Waals surface area (Å²) < 4.78 is 1.41. The Morgan fingerprint density at radius 2 is 2.32 bits per heavy atom. The Balaban J connectivity index is 2.21. The van der Waals surface area contributed by atoms with E-state index in [0.717, 1.165) is 5.57 Å². The third kappa shape index (κ3) is 1.09. The maximum atomic E-state index is 12.3. The second-order valence-electron chi connectivity index (χ2n) is 4.41. The van der Waals surface area contributed by atoms with E-state index in [1.807, 2.05) is 6.08 Å². The van der Waals surface area contributed by atoms with Gasteiger partial charge >= 0.3 is 0 Å². The van der Waals surface area contributed by atoms with E-state index in [4.69, 9.17) is 5.84 Å². The summed E-state index contributed by atoms with van der Waals surface area (Å²) in [6.07, 6.45) is 9.52. The van der Waals surface area contributed by atoms with Crippen LogP contribution >= 0.6 is 0 Å². The highest BCUT2D eigenvalue weighted by Crippen LogP contribution is 2.28. The normalized spacial score (nSPS) is 30.3. The molecule has 0 bridgehead atoms. The summed E-state index contributed by atoms with van der Waals surface area (Å²) in [5, 5.41) is 17.1. The van der Waals surface area contributed by atoms with E-state index < -0.39 is 5.54 Å². The van der Waals surface area contributed by atoms with Gasteiger partial charge in [-0.05, 0) is 12.2 Å². The molecule has 0 saturated heterocycles. The van der Waals surface area contributed by atoms with Crippen LogP contribution < -0.4 is 21.7 Å². The molecule has 1 aromatic heterocycles. The first-order chi connectivity index (χ1) is 9.23. The van der Waals surface area contributed by atoms with Crippen molar-refractivity contribution in [1.29, 1.82) is 0 Å². The van der Waals surface area contributed by atoms with Gasteiger partial charge in [0.2, 0.25) is 5.54 Å². The van der Waals surface area contributed by atoms with E-state index in [9.17, 15) is 5.21 Å². The molecule has 0 fully saturated rings. The molecular formula is C11H9N7O. The number of imidazole rings is 1. The number of hydrogen-bond acceptors (Lipinski definition) is 6. The predicted octanol–water partition coefficient (Wildman–Crippen LogP) is -3.34. The topological polar surface area (TPSA) is 108 Å². The minimum absolute atomic E-state index is 0.311. The predicted molar refractivity (Wildman–Crippen MR) is 70.1 cm³/mol. The fourth-order valence-electron chi connectivity index (χ4n) is 2.56. The van der Waals surface area contributed by atoms with Gasteiger partial charge in [0, 0.05) is 5.57 Å². The number of nitrogens with one attached hydrogen (secondary N) is 1. The summed E-state index contributed by atoms with van der Waals surface area (Å²) in [6, 6.07) is 0. The monoisotopic (exact) mass is 255 g/mol. The van der Waals surface area contributed by atoms with Crippen LogP contribution in [0.5, 0.6) is 0 Å². The third-order valence-electron chi connectivity index (χ3n) is 3.48. The lowest BCUT2D eigenvalue weighted by atomic mass is 9.83. The molecule has 3 heterocycles. The smallest absolute Gasteiger partial charge is 0.228 e. The molecule has 0 radical (unpaired) electrons. The Labute approximate surface area is 106 Å². The first kappa shape index (κ1) is 10.4. The average Bonchev–Trinajstić information content (AvgIpc) is 2.79. The van der Waals surface area contributed by atoms with Crippen molar-refractivity contribution in [3.63, 3.8) is 0 Å². The van der Waals surface area contributed by atoms with Crippen LogP contribution in [0.2, 0.25) is 0 Å². The molecule has 19 heavy (non-hydrogen) atoms. The van der Waals surface area contributed by atoms with Crippen LogP contribution in [0.15, 0.2) is 33.1 Å². The molecule has 2 atom stereocenters. The molecule has 0 amide bonds. The van der Waals surface area contributed by atoms with Gasteiger partial charge in [-0.2, -0.15) is 0 Å². The highest BCUT2D eigenvalue weighted by molar-refractivity contribution is 6.01. The number of nitrogen functional groups attached to an aromatic ring is 1. The van der Waals surface area contributed by atoms with Crippen molar-refractivity contribution in [2.24, 2.45) is 15.1 Å². The Kier molecular flexibility index (Phi) is 1.77. The molecule has 94 valence electrons. The van der Waals surface area contributed by atoms with E-state index in [2.05, 4.69) is 20.1 Å². The fraction of sp³-hybridized carbons (Fsp3) is 0.0909. The van der Waals surface area contributed by atoms with Crippen LogP contribution in [0.1, 0.15) is 0 Å². The molecule has 8 nitrogen and oxygen atoms in total. The summed E-state index contributed by atoms with van der Waals surface area (Å²) >= 11 is 0. The number of aromatic nitrogens is 2. The molecule has 1 aromatic rings. The molecule has 3 aliphatic rings. The fourth-order valence-corrected chi connectivity index (χ4v) is 2.56. The van der Waals surface area contributed by atoms with Gasteiger partial charge in [0.15, 0.2) is 0 Å². The van der Waals surface area contributed by atoms with Crippen LogP contribution in [0, 0.1) is 5.21 Å². The van der Waals surface area contributed by atoms with Gasteiger partial charge in [0.25, 0.3) is 0 Å². The van der Waals surface area contributed by atoms with Crippen LogP contribution in [-0.4, -0.2) is 34.0 Å². The summed E-state index contributed by atoms with van der Waals surface area (Å²) in [5.74, 6) is 5.82. The summed E-state index contributed by atoms with van der Waals surface area (Å²) in [6.45, 7) is 0. The number of hydroxylamine groups is 1. The van der Waals surface area contributed by atoms with Crippen molar-refractivity contribution in [1.82, 2.24) is 9.66 Å². The second kappa shape index (κ2) is 3.25. The second-order valence-corrected chi connectivity index (χ2v) is 4.41. The van der Waals surface area contributed by atoms with Gasteiger partial charge in [0.05, 0.1) is 17.8 Å². The lowest BCUT2D eigenvalue weighted by molar-refractivity contribution is -0.882. The van der Waals surface area contributed by atoms with Gasteiger partial charge in [-0.1, -0.05) is 5.10 Å². The minimum Gasteiger partial charge on any atom is -0.605 e. The molecule has 1 aliphatic carbocycles. The van der Waals surface area contributed by atoms with Crippen molar-refractivity contribution in [2.75, 3.05) is 5.84 Å². The highest BCUT2D eigenvalue weighted by atomic mass is 16.5. The van der Waals surface area contributed by atoms with Crippen LogP contribution in [0.4, 0.5) is 0 Å². The third-order valence-corrected chi connectivity index (χ3v) is 3.48. The molecule has 8 heteroatoms. The van der Waals surface area contributed by atoms with Gasteiger partial charge in [0.1, 0.15) is 23.7 Å². The van der Waals surface area contributed by atoms with E-state index in [1.165, 1.54) is 23.6 Å². The van der Waals surface area contributed by atoms with Crippen molar-refractivity contribution < 1.29 is 5.17 Å². The highest BCUT2D eigenvalue weighted by Gasteiger charge is 2.49. The van der Waals surface area contributed by atoms with Crippen molar-refractivity contribution in [3.8, 4) is 0 Å². The maximum Gasteiger partial charge on any atom is 0.228 e. The zero-order valence-corrected chi connectivity index (χ0v) is 9.69. The van der Waals surface area contributed by atoms with Crippen LogP contribution in [-0.2, 0) is 0 Å². The molecule has 3 N–H and O–H groups in total. The lowest BCUT2D eigenvalue weighted by Crippen LogP contribution is -3.14. The summed E-state index contributed by atoms with van der Waals surface area (Å²) in [5.41, 5.74) is 0.227. The Morgan fingerprint density at radius 3 is 3.21 bits per heavy atom. The average molecular weight is 255 g/mol. The summed E-state index contributed by atoms with van der Waals surface area (Å²) in [4.78, 5) is 12.5. The van der Waals surface area contributed by atoms with E-state index in [1.54, 1.807) is 12.3 Å². The molecule has 1 spiro atoms. The SMILES string of the molecule is Nn1cnc2c1=CC1=CC=N[NH+]([O-])C13C=NC=NC=23. The molecule has 2 unspecified atom stereocenters. The molecule has 0 aromatic carbocycles. The number of allylic oxidation sites excluding steroid dienone is 1. The Bertz CT molecular complexity index is 813. The number of fused-ring (bicyclic) bond motifs is 1. The summed E-state index contributed by atoms with van der Waals surface area (Å²) in [7, 11) is 0. The van der Waals surface area contributed by atoms with Crippen molar-refractivity contribution >= 4 is 30.5 Å². The van der Waals surface area contributed by atoms with E-state index in [0.29, 0.717) is 16.4 Å². The number of nitrogens with two attached hydrogens (primary N) is 1. The van der Waals surface area contributed by atoms with Gasteiger partial charge in [-0.15, -0.1) is 0 Å². The number of rotatable bonds is 0. The molecule has 2 aliphatic heterocycles. The number of nitrogens with zero attached hydrogens (tertiary/aromatic N) is 5. The Hall–Kier alpha value is -2.58. The lowest BCUT2D eigenvalue weighted by Gasteiger charge is -2.40. The molecular weight excluding hydrogens is 246 g/mol. The van der Waals surface area contributed by atoms with Crippen LogP contribution in [0.3, 0.4) is 0 Å². The van der Waals surface area contributed by atoms with Crippen molar-refractivity contribution in [3.05, 3.63) is 33.9 Å².